The van der Waals surface area contributed by atoms with Crippen molar-refractivity contribution in [1.29, 1.82) is 0 Å². The van der Waals surface area contributed by atoms with Gasteiger partial charge in [-0.05, 0) is 74.9 Å². The number of carboxylic acids is 2. The molecule has 1 saturated heterocycles. The minimum atomic E-state index is -1.26. The lowest BCUT2D eigenvalue weighted by atomic mass is 10.0. The summed E-state index contributed by atoms with van der Waals surface area (Å²) < 4.78 is 11.0. The van der Waals surface area contributed by atoms with Crippen LogP contribution >= 0.6 is 11.8 Å². The fraction of sp³-hybridized carbons (Fsp3) is 0.414. The molecule has 0 amide bonds. The predicted octanol–water partition coefficient (Wildman–Crippen LogP) is 5.01. The van der Waals surface area contributed by atoms with Gasteiger partial charge in [0, 0.05) is 38.3 Å². The molecule has 1 aliphatic rings. The number of rotatable bonds is 11. The van der Waals surface area contributed by atoms with Crippen LogP contribution in [0.2, 0.25) is 0 Å². The van der Waals surface area contributed by atoms with Crippen molar-refractivity contribution in [1.82, 2.24) is 9.80 Å². The summed E-state index contributed by atoms with van der Waals surface area (Å²) in [6, 6.07) is 18.6. The number of amidine groups is 1. The van der Waals surface area contributed by atoms with Crippen LogP contribution in [0.4, 0.5) is 5.69 Å². The normalized spacial score (nSPS) is 14.4. The van der Waals surface area contributed by atoms with Gasteiger partial charge in [-0.25, -0.2) is 14.6 Å². The molecule has 1 fully saturated rings. The first kappa shape index (κ1) is 31.7. The van der Waals surface area contributed by atoms with Crippen LogP contribution in [0.15, 0.2) is 71.7 Å². The van der Waals surface area contributed by atoms with Crippen molar-refractivity contribution < 1.29 is 29.3 Å². The van der Waals surface area contributed by atoms with Gasteiger partial charge in [-0.15, -0.1) is 0 Å². The molecule has 0 unspecified atom stereocenters. The molecule has 9 nitrogen and oxygen atoms in total. The molecule has 1 heterocycles. The number of aliphatic carboxylic acids is 2. The van der Waals surface area contributed by atoms with Gasteiger partial charge in [0.05, 0.1) is 19.4 Å². The number of methoxy groups -OCH3 is 1. The maximum atomic E-state index is 9.55. The van der Waals surface area contributed by atoms with Crippen molar-refractivity contribution in [3.63, 3.8) is 0 Å². The number of aliphatic imine (C=N–C) groups is 1. The Morgan fingerprint density at radius 1 is 1.00 bits per heavy atom. The van der Waals surface area contributed by atoms with E-state index in [1.54, 1.807) is 18.9 Å². The van der Waals surface area contributed by atoms with Gasteiger partial charge in [-0.2, -0.15) is 0 Å². The summed E-state index contributed by atoms with van der Waals surface area (Å²) in [5.41, 5.74) is 1.02. The minimum Gasteiger partial charge on any atom is -0.497 e. The number of benzene rings is 2. The molecule has 0 aliphatic carbocycles. The topological polar surface area (TPSA) is 112 Å². The van der Waals surface area contributed by atoms with Crippen LogP contribution in [-0.2, 0) is 9.59 Å². The third-order valence-electron chi connectivity index (χ3n) is 6.14. The molecule has 3 rings (SSSR count). The molecular weight excluding hydrogens is 518 g/mol. The van der Waals surface area contributed by atoms with Gasteiger partial charge in [0.1, 0.15) is 11.5 Å². The van der Waals surface area contributed by atoms with E-state index in [1.807, 2.05) is 42.5 Å². The van der Waals surface area contributed by atoms with Gasteiger partial charge in [0.2, 0.25) is 0 Å². The molecule has 0 spiro atoms. The SMILES string of the molecule is COc1ccc(OCCCCN2CCC(N(C)/C(=N/c3ccccc3)SC)CC2)cc1.O=C(O)/C=C/C(=O)O. The number of unbranched alkanes of at least 4 members (excludes halogenated alkanes) is 1. The number of nitrogens with zero attached hydrogens (tertiary/aromatic N) is 3. The summed E-state index contributed by atoms with van der Waals surface area (Å²) >= 11 is 1.73. The fourth-order valence-corrected chi connectivity index (χ4v) is 4.64. The zero-order valence-electron chi connectivity index (χ0n) is 22.9. The highest BCUT2D eigenvalue weighted by Crippen LogP contribution is 2.22. The molecule has 39 heavy (non-hydrogen) atoms. The maximum absolute atomic E-state index is 9.55. The lowest BCUT2D eigenvalue weighted by Crippen LogP contribution is -2.45. The van der Waals surface area contributed by atoms with Crippen molar-refractivity contribution in [3.05, 3.63) is 66.7 Å². The quantitative estimate of drug-likeness (QED) is 0.170. The molecule has 2 aromatic rings. The van der Waals surface area contributed by atoms with Gasteiger partial charge < -0.3 is 29.5 Å². The predicted molar refractivity (Wildman–Crippen MR) is 156 cm³/mol. The van der Waals surface area contributed by atoms with E-state index in [0.717, 1.165) is 55.0 Å². The summed E-state index contributed by atoms with van der Waals surface area (Å²) in [4.78, 5) is 28.9. The molecule has 0 radical (unpaired) electrons. The van der Waals surface area contributed by atoms with Crippen LogP contribution in [0, 0.1) is 0 Å². The Morgan fingerprint density at radius 3 is 2.13 bits per heavy atom. The van der Waals surface area contributed by atoms with E-state index in [4.69, 9.17) is 24.7 Å². The average Bonchev–Trinajstić information content (AvgIpc) is 2.96. The zero-order valence-corrected chi connectivity index (χ0v) is 23.7. The molecule has 0 bridgehead atoms. The number of hydrogen-bond donors (Lipinski definition) is 2. The van der Waals surface area contributed by atoms with Gasteiger partial charge in [0.25, 0.3) is 0 Å². The summed E-state index contributed by atoms with van der Waals surface area (Å²) in [6.07, 6.45) is 7.85. The van der Waals surface area contributed by atoms with E-state index < -0.39 is 11.9 Å². The molecular formula is C29H39N3O6S. The van der Waals surface area contributed by atoms with Crippen LogP contribution in [-0.4, -0.2) is 89.8 Å². The molecule has 10 heteroatoms. The first-order valence-electron chi connectivity index (χ1n) is 12.9. The summed E-state index contributed by atoms with van der Waals surface area (Å²) in [5.74, 6) is -0.747. The van der Waals surface area contributed by atoms with E-state index in [-0.39, 0.29) is 0 Å². The highest BCUT2D eigenvalue weighted by Gasteiger charge is 2.24. The van der Waals surface area contributed by atoms with Gasteiger partial charge >= 0.3 is 11.9 Å². The Balaban J connectivity index is 0.000000580. The zero-order chi connectivity index (χ0) is 28.5. The molecule has 212 valence electrons. The van der Waals surface area contributed by atoms with E-state index in [1.165, 1.54) is 19.3 Å². The number of para-hydroxylation sites is 1. The highest BCUT2D eigenvalue weighted by atomic mass is 32.2. The third kappa shape index (κ3) is 12.7. The average molecular weight is 558 g/mol. The lowest BCUT2D eigenvalue weighted by molar-refractivity contribution is -0.134. The summed E-state index contributed by atoms with van der Waals surface area (Å²) in [6.45, 7) is 4.22. The fourth-order valence-electron chi connectivity index (χ4n) is 4.01. The Hall–Kier alpha value is -3.50. The number of likely N-dealkylation sites (tertiary alicyclic amines) is 1. The van der Waals surface area contributed by atoms with Crippen LogP contribution in [0.25, 0.3) is 0 Å². The Kier molecular flexibility index (Phi) is 14.6. The number of hydrogen-bond acceptors (Lipinski definition) is 7. The van der Waals surface area contributed by atoms with E-state index in [0.29, 0.717) is 18.2 Å². The number of carboxylic acid groups (broad SMARTS) is 2. The first-order chi connectivity index (χ1) is 18.8. The minimum absolute atomic E-state index is 0.558. The highest BCUT2D eigenvalue weighted by molar-refractivity contribution is 8.13. The largest absolute Gasteiger partial charge is 0.497 e. The van der Waals surface area contributed by atoms with Crippen LogP contribution < -0.4 is 9.47 Å². The second-order valence-corrected chi connectivity index (χ2v) is 9.63. The van der Waals surface area contributed by atoms with Crippen LogP contribution in [0.5, 0.6) is 11.5 Å². The monoisotopic (exact) mass is 557 g/mol. The second kappa shape index (κ2) is 17.9. The van der Waals surface area contributed by atoms with Gasteiger partial charge in [0.15, 0.2) is 5.17 Å². The Bertz CT molecular complexity index is 1040. The molecule has 1 aliphatic heterocycles. The molecule has 2 N–H and O–H groups in total. The van der Waals surface area contributed by atoms with Crippen molar-refractivity contribution in [2.45, 2.75) is 31.7 Å². The molecule has 0 aromatic heterocycles. The first-order valence-corrected chi connectivity index (χ1v) is 14.1. The standard InChI is InChI=1S/C25H35N3O2S.C4H4O4/c1-27(25(31-3)26-21-9-5-4-6-10-21)22-15-18-28(19-16-22)17-7-8-20-30-24-13-11-23(29-2)12-14-24;5-3(6)1-2-4(7)8/h4-6,9-14,22H,7-8,15-20H2,1-3H3;1-2H,(H,5,6)(H,7,8)/b26-25-;2-1+. The number of piperidine rings is 1. The number of thioether (sulfide) groups is 1. The Morgan fingerprint density at radius 2 is 1.59 bits per heavy atom. The van der Waals surface area contributed by atoms with Crippen molar-refractivity contribution in [2.75, 3.05) is 46.7 Å². The molecule has 0 atom stereocenters. The van der Waals surface area contributed by atoms with Crippen LogP contribution in [0.1, 0.15) is 25.7 Å². The molecule has 0 saturated carbocycles. The second-order valence-electron chi connectivity index (χ2n) is 8.86. The van der Waals surface area contributed by atoms with Crippen molar-refractivity contribution in [3.8, 4) is 11.5 Å². The van der Waals surface area contributed by atoms with E-state index >= 15 is 0 Å². The third-order valence-corrected chi connectivity index (χ3v) is 6.88. The smallest absolute Gasteiger partial charge is 0.328 e. The summed E-state index contributed by atoms with van der Waals surface area (Å²) in [5, 5.41) is 16.7. The van der Waals surface area contributed by atoms with Gasteiger partial charge in [-0.1, -0.05) is 30.0 Å². The van der Waals surface area contributed by atoms with E-state index in [9.17, 15) is 9.59 Å². The number of ether oxygens (including phenoxy) is 2. The lowest BCUT2D eigenvalue weighted by Gasteiger charge is -2.37. The van der Waals surface area contributed by atoms with Crippen molar-refractivity contribution in [2.24, 2.45) is 4.99 Å². The number of carbonyl (C=O) groups is 2. The summed E-state index contributed by atoms with van der Waals surface area (Å²) in [7, 11) is 3.87. The van der Waals surface area contributed by atoms with E-state index in [2.05, 4.69) is 35.2 Å². The maximum Gasteiger partial charge on any atom is 0.328 e. The Labute approximate surface area is 235 Å². The van der Waals surface area contributed by atoms with Gasteiger partial charge in [-0.3, -0.25) is 0 Å². The van der Waals surface area contributed by atoms with Crippen molar-refractivity contribution >= 4 is 34.6 Å². The molecule has 2 aromatic carbocycles. The van der Waals surface area contributed by atoms with Crippen LogP contribution in [0.3, 0.4) is 0 Å².